The first-order valence-corrected chi connectivity index (χ1v) is 14.9. The third kappa shape index (κ3) is 8.80. The van der Waals surface area contributed by atoms with Gasteiger partial charge in [-0.3, -0.25) is 19.4 Å². The molecule has 46 heavy (non-hydrogen) atoms. The predicted molar refractivity (Wildman–Crippen MR) is 160 cm³/mol. The molecule has 2 aromatic rings. The Morgan fingerprint density at radius 2 is 1.54 bits per heavy atom. The van der Waals surface area contributed by atoms with Crippen molar-refractivity contribution in [3.63, 3.8) is 0 Å². The number of carbonyl (C=O) groups is 2. The predicted octanol–water partition coefficient (Wildman–Crippen LogP) is 4.50. The second kappa shape index (κ2) is 14.4. The topological polar surface area (TPSA) is 56.3 Å². The number of alkyl halides is 6. The Morgan fingerprint density at radius 3 is 2.15 bits per heavy atom. The summed E-state index contributed by atoms with van der Waals surface area (Å²) in [4.78, 5) is 33.1. The summed E-state index contributed by atoms with van der Waals surface area (Å²) in [5, 5.41) is 0. The molecule has 2 atom stereocenters. The van der Waals surface area contributed by atoms with E-state index >= 15 is 0 Å². The Labute approximate surface area is 265 Å². The molecule has 0 radical (unpaired) electrons. The fraction of sp³-hybridized carbons (Fsp3) is 0.515. The van der Waals surface area contributed by atoms with Crippen LogP contribution in [0, 0.1) is 25.7 Å². The second-order valence-corrected chi connectivity index (χ2v) is 12.0. The van der Waals surface area contributed by atoms with Crippen LogP contribution < -0.4 is 0 Å². The van der Waals surface area contributed by atoms with Crippen LogP contribution in [-0.2, 0) is 28.3 Å². The number of likely N-dealkylation sites (N-methyl/N-ethyl adjacent to an activating group) is 1. The van der Waals surface area contributed by atoms with Gasteiger partial charge in [-0.25, -0.2) is 0 Å². The third-order valence-electron chi connectivity index (χ3n) is 8.38. The Balaban J connectivity index is 1.54. The van der Waals surface area contributed by atoms with Gasteiger partial charge in [0.2, 0.25) is 5.91 Å². The van der Waals surface area contributed by atoms with E-state index in [-0.39, 0.29) is 25.1 Å². The van der Waals surface area contributed by atoms with Gasteiger partial charge in [0.1, 0.15) is 6.04 Å². The van der Waals surface area contributed by atoms with Crippen molar-refractivity contribution in [1.29, 1.82) is 0 Å². The molecular formula is C33H38F6N4O3. The minimum Gasteiger partial charge on any atom is -0.378 e. The maximum atomic E-state index is 13.7. The maximum absolute atomic E-state index is 13.7. The smallest absolute Gasteiger partial charge is 0.378 e. The Hall–Kier alpha value is -3.60. The van der Waals surface area contributed by atoms with E-state index < -0.39 is 47.0 Å². The van der Waals surface area contributed by atoms with E-state index in [2.05, 4.69) is 11.8 Å². The van der Waals surface area contributed by atoms with Crippen LogP contribution in [0.15, 0.2) is 36.4 Å². The average molecular weight is 653 g/mol. The van der Waals surface area contributed by atoms with E-state index in [1.54, 1.807) is 14.1 Å². The average Bonchev–Trinajstić information content (AvgIpc) is 2.99. The SMILES string of the molecule is Cc1ccc(C[C@@H]2CN(CC#CCN3CCOC[C@H]3C(=O)N(C)C)CCN2C(=O)c2cc(C(F)(F)F)cc(C(F)(F)F)c2)cc1C. The lowest BCUT2D eigenvalue weighted by atomic mass is 9.97. The zero-order chi connectivity index (χ0) is 33.8. The molecule has 2 saturated heterocycles. The number of hydrogen-bond donors (Lipinski definition) is 0. The van der Waals surface area contributed by atoms with E-state index in [9.17, 15) is 35.9 Å². The van der Waals surface area contributed by atoms with Crippen molar-refractivity contribution in [3.05, 3.63) is 69.8 Å². The molecule has 2 aromatic carbocycles. The number of piperazine rings is 1. The number of morpholine rings is 1. The van der Waals surface area contributed by atoms with Crippen molar-refractivity contribution in [1.82, 2.24) is 19.6 Å². The third-order valence-corrected chi connectivity index (χ3v) is 8.38. The number of carbonyl (C=O) groups excluding carboxylic acids is 2. The summed E-state index contributed by atoms with van der Waals surface area (Å²) < 4.78 is 86.8. The van der Waals surface area contributed by atoms with Crippen LogP contribution in [0.25, 0.3) is 0 Å². The van der Waals surface area contributed by atoms with E-state index in [4.69, 9.17) is 4.74 Å². The minimum absolute atomic E-state index is 0.0233. The first-order chi connectivity index (χ1) is 21.5. The van der Waals surface area contributed by atoms with Crippen molar-refractivity contribution in [2.45, 2.75) is 44.7 Å². The number of rotatable bonds is 6. The second-order valence-electron chi connectivity index (χ2n) is 12.0. The first kappa shape index (κ1) is 35.3. The Bertz CT molecular complexity index is 1450. The summed E-state index contributed by atoms with van der Waals surface area (Å²) in [5.41, 5.74) is -0.734. The van der Waals surface area contributed by atoms with Crippen LogP contribution in [0.5, 0.6) is 0 Å². The van der Waals surface area contributed by atoms with Crippen molar-refractivity contribution in [2.75, 3.05) is 66.6 Å². The highest BCUT2D eigenvalue weighted by Gasteiger charge is 2.39. The molecule has 2 aliphatic rings. The molecule has 0 aliphatic carbocycles. The summed E-state index contributed by atoms with van der Waals surface area (Å²) in [7, 11) is 3.36. The highest BCUT2D eigenvalue weighted by atomic mass is 19.4. The van der Waals surface area contributed by atoms with E-state index in [0.29, 0.717) is 57.9 Å². The van der Waals surface area contributed by atoms with Crippen molar-refractivity contribution >= 4 is 11.8 Å². The molecule has 0 bridgehead atoms. The molecule has 4 rings (SSSR count). The molecule has 250 valence electrons. The molecule has 0 saturated carbocycles. The fourth-order valence-electron chi connectivity index (χ4n) is 5.63. The molecule has 2 amide bonds. The lowest BCUT2D eigenvalue weighted by Crippen LogP contribution is -2.56. The molecule has 2 fully saturated rings. The van der Waals surface area contributed by atoms with E-state index in [0.717, 1.165) is 16.7 Å². The maximum Gasteiger partial charge on any atom is 0.416 e. The van der Waals surface area contributed by atoms with Gasteiger partial charge in [0.15, 0.2) is 0 Å². The zero-order valence-electron chi connectivity index (χ0n) is 26.3. The molecule has 0 spiro atoms. The quantitative estimate of drug-likeness (QED) is 0.340. The van der Waals surface area contributed by atoms with Gasteiger partial charge in [-0.15, -0.1) is 0 Å². The molecular weight excluding hydrogens is 614 g/mol. The largest absolute Gasteiger partial charge is 0.416 e. The van der Waals surface area contributed by atoms with E-state index in [1.165, 1.54) is 9.80 Å². The number of nitrogens with zero attached hydrogens (tertiary/aromatic N) is 4. The highest BCUT2D eigenvalue weighted by molar-refractivity contribution is 5.95. The van der Waals surface area contributed by atoms with Crippen molar-refractivity contribution in [3.8, 4) is 11.8 Å². The summed E-state index contributed by atoms with van der Waals surface area (Å²) >= 11 is 0. The first-order valence-electron chi connectivity index (χ1n) is 14.9. The molecule has 13 heteroatoms. The molecule has 0 N–H and O–H groups in total. The standard InChI is InChI=1S/C33H38F6N4O3/c1-22-7-8-24(15-23(22)2)16-28-20-41(9-5-6-10-42-13-14-46-21-29(42)31(45)40(3)4)11-12-43(28)30(44)25-17-26(32(34,35)36)19-27(18-25)33(37,38)39/h7-8,15,17-19,28-29H,9-14,16,20-21H2,1-4H3/t28-,29+/m1/s1. The van der Waals surface area contributed by atoms with Gasteiger partial charge in [-0.1, -0.05) is 30.0 Å². The lowest BCUT2D eigenvalue weighted by Gasteiger charge is -2.41. The summed E-state index contributed by atoms with van der Waals surface area (Å²) in [6, 6.07) is 5.85. The Morgan fingerprint density at radius 1 is 0.891 bits per heavy atom. The highest BCUT2D eigenvalue weighted by Crippen LogP contribution is 2.37. The van der Waals surface area contributed by atoms with Crippen LogP contribution in [0.3, 0.4) is 0 Å². The van der Waals surface area contributed by atoms with Crippen LogP contribution in [0.4, 0.5) is 26.3 Å². The van der Waals surface area contributed by atoms with Crippen molar-refractivity contribution in [2.24, 2.45) is 0 Å². The van der Waals surface area contributed by atoms with E-state index in [1.807, 2.05) is 41.8 Å². The number of ether oxygens (including phenoxy) is 1. The fourth-order valence-corrected chi connectivity index (χ4v) is 5.63. The zero-order valence-corrected chi connectivity index (χ0v) is 26.3. The molecule has 2 heterocycles. The van der Waals surface area contributed by atoms with Crippen LogP contribution in [0.1, 0.15) is 38.2 Å². The summed E-state index contributed by atoms with van der Waals surface area (Å²) in [5.74, 6) is 5.29. The van der Waals surface area contributed by atoms with Crippen LogP contribution in [-0.4, -0.2) is 110 Å². The number of hydrogen-bond acceptors (Lipinski definition) is 5. The summed E-state index contributed by atoms with van der Waals surface area (Å²) in [6.45, 7) is 6.66. The number of halogens is 6. The Kier molecular flexibility index (Phi) is 11.1. The van der Waals surface area contributed by atoms with Gasteiger partial charge in [-0.2, -0.15) is 26.3 Å². The summed E-state index contributed by atoms with van der Waals surface area (Å²) in [6.07, 6.45) is -9.77. The molecule has 7 nitrogen and oxygen atoms in total. The van der Waals surface area contributed by atoms with Gasteiger partial charge >= 0.3 is 12.4 Å². The van der Waals surface area contributed by atoms with Gasteiger partial charge in [0, 0.05) is 51.9 Å². The van der Waals surface area contributed by atoms with Gasteiger partial charge in [0.05, 0.1) is 37.4 Å². The number of aryl methyl sites for hydroxylation is 2. The van der Waals surface area contributed by atoms with Crippen LogP contribution in [0.2, 0.25) is 0 Å². The van der Waals surface area contributed by atoms with Crippen LogP contribution >= 0.6 is 0 Å². The molecule has 0 unspecified atom stereocenters. The van der Waals surface area contributed by atoms with Gasteiger partial charge < -0.3 is 14.5 Å². The normalized spacial score (nSPS) is 19.8. The molecule has 2 aliphatic heterocycles. The van der Waals surface area contributed by atoms with Gasteiger partial charge in [0.25, 0.3) is 5.91 Å². The lowest BCUT2D eigenvalue weighted by molar-refractivity contribution is -0.143. The van der Waals surface area contributed by atoms with Crippen molar-refractivity contribution < 1.29 is 40.7 Å². The molecule has 0 aromatic heterocycles. The monoisotopic (exact) mass is 652 g/mol. The van der Waals surface area contributed by atoms with Gasteiger partial charge in [-0.05, 0) is 55.2 Å². The number of benzene rings is 2. The minimum atomic E-state index is -5.06. The number of amides is 2.